The minimum absolute atomic E-state index is 0.0849. The van der Waals surface area contributed by atoms with E-state index in [4.69, 9.17) is 15.0 Å². The minimum atomic E-state index is 0.0849. The second-order valence-electron chi connectivity index (χ2n) is 8.83. The smallest absolute Gasteiger partial charge is 0.141 e. The molecule has 2 aliphatic rings. The molecule has 5 rings (SSSR count). The van der Waals surface area contributed by atoms with Gasteiger partial charge in [0.1, 0.15) is 11.5 Å². The van der Waals surface area contributed by atoms with Gasteiger partial charge in [-0.15, -0.1) is 0 Å². The summed E-state index contributed by atoms with van der Waals surface area (Å²) in [5, 5.41) is 7.71. The lowest BCUT2D eigenvalue weighted by Gasteiger charge is -2.25. The van der Waals surface area contributed by atoms with Crippen LogP contribution >= 0.6 is 0 Å². The van der Waals surface area contributed by atoms with Crippen LogP contribution in [0, 0.1) is 19.8 Å². The van der Waals surface area contributed by atoms with E-state index in [9.17, 15) is 0 Å². The molecule has 0 saturated heterocycles. The molecule has 35 heavy (non-hydrogen) atoms. The predicted molar refractivity (Wildman–Crippen MR) is 140 cm³/mol. The summed E-state index contributed by atoms with van der Waals surface area (Å²) in [7, 11) is 1.72. The van der Waals surface area contributed by atoms with Crippen molar-refractivity contribution in [2.45, 2.75) is 20.3 Å². The van der Waals surface area contributed by atoms with Crippen molar-refractivity contribution in [3.05, 3.63) is 125 Å². The van der Waals surface area contributed by atoms with E-state index >= 15 is 0 Å². The van der Waals surface area contributed by atoms with Gasteiger partial charge in [-0.05, 0) is 60.0 Å². The highest BCUT2D eigenvalue weighted by Crippen LogP contribution is 2.46. The molecule has 1 unspecified atom stereocenters. The van der Waals surface area contributed by atoms with E-state index < -0.39 is 0 Å². The zero-order valence-electron chi connectivity index (χ0n) is 20.3. The SMILES string of the molecule is C=C(C1=C(/C=C\N)NC2=CC(c3c(C)noc3C)=C(OC)CC21)c1ccc(-c2ccccc2)cc1. The van der Waals surface area contributed by atoms with E-state index in [-0.39, 0.29) is 5.92 Å². The maximum absolute atomic E-state index is 5.88. The number of methoxy groups -OCH3 is 1. The minimum Gasteiger partial charge on any atom is -0.500 e. The van der Waals surface area contributed by atoms with Gasteiger partial charge in [-0.3, -0.25) is 0 Å². The highest BCUT2D eigenvalue weighted by molar-refractivity contribution is 5.86. The normalized spacial score (nSPS) is 17.5. The van der Waals surface area contributed by atoms with E-state index in [2.05, 4.69) is 71.7 Å². The first-order valence-corrected chi connectivity index (χ1v) is 11.7. The highest BCUT2D eigenvalue weighted by atomic mass is 16.5. The molecule has 1 aliphatic carbocycles. The summed E-state index contributed by atoms with van der Waals surface area (Å²) < 4.78 is 11.3. The number of nitrogens with two attached hydrogens (primary N) is 1. The predicted octanol–water partition coefficient (Wildman–Crippen LogP) is 6.26. The summed E-state index contributed by atoms with van der Waals surface area (Å²) in [6.07, 6.45) is 6.31. The van der Waals surface area contributed by atoms with Crippen LogP contribution in [0.3, 0.4) is 0 Å². The molecule has 1 atom stereocenters. The number of rotatable bonds is 6. The molecule has 176 valence electrons. The molecule has 2 heterocycles. The second-order valence-corrected chi connectivity index (χ2v) is 8.83. The summed E-state index contributed by atoms with van der Waals surface area (Å²) in [5.41, 5.74) is 16.2. The van der Waals surface area contributed by atoms with Crippen molar-refractivity contribution in [1.82, 2.24) is 10.5 Å². The van der Waals surface area contributed by atoms with Crippen molar-refractivity contribution >= 4 is 11.1 Å². The Balaban J connectivity index is 1.50. The van der Waals surface area contributed by atoms with Crippen molar-refractivity contribution in [2.24, 2.45) is 11.7 Å². The maximum atomic E-state index is 5.88. The maximum Gasteiger partial charge on any atom is 0.141 e. The number of nitrogens with one attached hydrogen (secondary N) is 1. The third-order valence-corrected chi connectivity index (χ3v) is 6.76. The molecule has 5 heteroatoms. The van der Waals surface area contributed by atoms with Crippen LogP contribution in [-0.4, -0.2) is 12.3 Å². The first kappa shape index (κ1) is 22.5. The Bertz CT molecular complexity index is 1380. The largest absolute Gasteiger partial charge is 0.500 e. The van der Waals surface area contributed by atoms with Gasteiger partial charge in [0.05, 0.1) is 18.4 Å². The van der Waals surface area contributed by atoms with E-state index in [1.807, 2.05) is 26.0 Å². The molecule has 0 saturated carbocycles. The van der Waals surface area contributed by atoms with Crippen LogP contribution in [0.25, 0.3) is 22.3 Å². The molecule has 1 aliphatic heterocycles. The van der Waals surface area contributed by atoms with Crippen molar-refractivity contribution in [3.63, 3.8) is 0 Å². The van der Waals surface area contributed by atoms with Crippen molar-refractivity contribution in [2.75, 3.05) is 7.11 Å². The standard InChI is InChI=1S/C30H29N3O2/c1-18(21-10-12-23(13-11-21)22-8-6-5-7-9-22)29-24-17-28(34-4)25(30-19(2)33-35-20(30)3)16-27(24)32-26(29)14-15-31/h5-16,24,32H,1,17,31H2,2-4H3/b15-14-. The van der Waals surface area contributed by atoms with Crippen LogP contribution in [0.15, 0.2) is 107 Å². The van der Waals surface area contributed by atoms with Gasteiger partial charge < -0.3 is 20.3 Å². The van der Waals surface area contributed by atoms with Gasteiger partial charge in [0.25, 0.3) is 0 Å². The zero-order chi connectivity index (χ0) is 24.5. The fourth-order valence-corrected chi connectivity index (χ4v) is 5.06. The van der Waals surface area contributed by atoms with Crippen LogP contribution in [0.2, 0.25) is 0 Å². The summed E-state index contributed by atoms with van der Waals surface area (Å²) in [6.45, 7) is 8.38. The van der Waals surface area contributed by atoms with E-state index in [0.29, 0.717) is 6.42 Å². The summed E-state index contributed by atoms with van der Waals surface area (Å²) in [5.74, 6) is 1.76. The molecule has 3 N–H and O–H groups in total. The number of hydrogen-bond acceptors (Lipinski definition) is 5. The quantitative estimate of drug-likeness (QED) is 0.451. The molecule has 0 spiro atoms. The Labute approximate surface area is 206 Å². The number of fused-ring (bicyclic) bond motifs is 1. The lowest BCUT2D eigenvalue weighted by Crippen LogP contribution is -2.16. The van der Waals surface area contributed by atoms with Crippen molar-refractivity contribution < 1.29 is 9.26 Å². The van der Waals surface area contributed by atoms with Gasteiger partial charge in [-0.25, -0.2) is 0 Å². The Morgan fingerprint density at radius 3 is 2.46 bits per heavy atom. The number of allylic oxidation sites excluding steroid dienone is 6. The number of hydrogen-bond donors (Lipinski definition) is 2. The first-order valence-electron chi connectivity index (χ1n) is 11.7. The summed E-state index contributed by atoms with van der Waals surface area (Å²) in [6, 6.07) is 18.9. The lowest BCUT2D eigenvalue weighted by molar-refractivity contribution is 0.270. The van der Waals surface area contributed by atoms with Gasteiger partial charge in [0.2, 0.25) is 0 Å². The zero-order valence-corrected chi connectivity index (χ0v) is 20.3. The third-order valence-electron chi connectivity index (χ3n) is 6.76. The molecule has 3 aromatic rings. The van der Waals surface area contributed by atoms with Crippen molar-refractivity contribution in [1.29, 1.82) is 0 Å². The van der Waals surface area contributed by atoms with Gasteiger partial charge >= 0.3 is 0 Å². The third kappa shape index (κ3) is 3.99. The molecule has 0 bridgehead atoms. The Kier molecular flexibility index (Phi) is 5.91. The van der Waals surface area contributed by atoms with Gasteiger partial charge in [-0.2, -0.15) is 0 Å². The second kappa shape index (κ2) is 9.18. The Morgan fingerprint density at radius 2 is 1.83 bits per heavy atom. The van der Waals surface area contributed by atoms with E-state index in [1.165, 1.54) is 11.1 Å². The summed E-state index contributed by atoms with van der Waals surface area (Å²) in [4.78, 5) is 0. The Hall–Kier alpha value is -4.25. The first-order chi connectivity index (χ1) is 17.0. The average Bonchev–Trinajstić information content (AvgIpc) is 3.41. The monoisotopic (exact) mass is 463 g/mol. The fraction of sp³-hybridized carbons (Fsp3) is 0.167. The number of ether oxygens (including phenoxy) is 1. The van der Waals surface area contributed by atoms with Crippen LogP contribution in [-0.2, 0) is 4.74 Å². The molecule has 0 radical (unpaired) electrons. The number of aromatic nitrogens is 1. The summed E-state index contributed by atoms with van der Waals surface area (Å²) >= 11 is 0. The molecular formula is C30H29N3O2. The van der Waals surface area contributed by atoms with E-state index in [0.717, 1.165) is 56.5 Å². The number of aryl methyl sites for hydroxylation is 2. The van der Waals surface area contributed by atoms with Crippen LogP contribution in [0.5, 0.6) is 0 Å². The topological polar surface area (TPSA) is 73.3 Å². The van der Waals surface area contributed by atoms with Crippen LogP contribution in [0.4, 0.5) is 0 Å². The van der Waals surface area contributed by atoms with E-state index in [1.54, 1.807) is 13.3 Å². The molecule has 1 aromatic heterocycles. The van der Waals surface area contributed by atoms with Crippen LogP contribution in [0.1, 0.15) is 29.0 Å². The molecular weight excluding hydrogens is 434 g/mol. The average molecular weight is 464 g/mol. The van der Waals surface area contributed by atoms with Gasteiger partial charge in [0, 0.05) is 29.3 Å². The van der Waals surface area contributed by atoms with Crippen LogP contribution < -0.4 is 11.1 Å². The number of nitrogens with zero attached hydrogens (tertiary/aromatic N) is 1. The molecule has 0 fully saturated rings. The number of benzene rings is 2. The Morgan fingerprint density at radius 1 is 1.11 bits per heavy atom. The van der Waals surface area contributed by atoms with Crippen molar-refractivity contribution in [3.8, 4) is 11.1 Å². The molecule has 5 nitrogen and oxygen atoms in total. The van der Waals surface area contributed by atoms with Gasteiger partial charge in [-0.1, -0.05) is 66.3 Å². The van der Waals surface area contributed by atoms with Gasteiger partial charge in [0.15, 0.2) is 0 Å². The molecule has 2 aromatic carbocycles. The molecule has 0 amide bonds. The fourth-order valence-electron chi connectivity index (χ4n) is 5.06. The highest BCUT2D eigenvalue weighted by Gasteiger charge is 2.36. The lowest BCUT2D eigenvalue weighted by atomic mass is 9.81.